The van der Waals surface area contributed by atoms with Gasteiger partial charge in [-0.1, -0.05) is 18.2 Å². The number of amides is 1. The second kappa shape index (κ2) is 6.01. The van der Waals surface area contributed by atoms with Crippen molar-refractivity contribution in [2.24, 2.45) is 0 Å². The maximum Gasteiger partial charge on any atom is 0.268 e. The molecule has 1 N–H and O–H groups in total. The number of carbonyl (C=O) groups excluding carboxylic acids is 1. The molecule has 1 fully saturated rings. The summed E-state index contributed by atoms with van der Waals surface area (Å²) in [6.45, 7) is 12.0. The van der Waals surface area contributed by atoms with Gasteiger partial charge in [0.15, 0.2) is 11.9 Å². The number of rotatable bonds is 3. The molecule has 5 heteroatoms. The monoisotopic (exact) mass is 301 g/mol. The van der Waals surface area contributed by atoms with E-state index in [0.717, 1.165) is 48.9 Å². The van der Waals surface area contributed by atoms with Crippen LogP contribution in [0.5, 0.6) is 5.75 Å². The number of hydrogen-bond donors (Lipinski definition) is 1. The molecule has 0 bridgehead atoms. The van der Waals surface area contributed by atoms with Gasteiger partial charge in [-0.25, -0.2) is 0 Å². The molecule has 2 aliphatic heterocycles. The first kappa shape index (κ1) is 14.9. The Morgan fingerprint density at radius 2 is 2.05 bits per heavy atom. The Morgan fingerprint density at radius 1 is 1.36 bits per heavy atom. The second-order valence-electron chi connectivity index (χ2n) is 6.00. The number of fused-ring (bicyclic) bond motifs is 1. The van der Waals surface area contributed by atoms with Crippen molar-refractivity contribution in [3.63, 3.8) is 0 Å². The summed E-state index contributed by atoms with van der Waals surface area (Å²) in [6.07, 6.45) is -0.462. The van der Waals surface area contributed by atoms with Crippen LogP contribution in [0.25, 0.3) is 0 Å². The maximum atomic E-state index is 12.4. The molecule has 1 aromatic rings. The summed E-state index contributed by atoms with van der Waals surface area (Å²) in [7, 11) is 0. The van der Waals surface area contributed by atoms with Crippen LogP contribution in [0.2, 0.25) is 0 Å². The zero-order valence-electron chi connectivity index (χ0n) is 13.3. The second-order valence-corrected chi connectivity index (χ2v) is 6.00. The molecule has 2 aliphatic rings. The van der Waals surface area contributed by atoms with E-state index in [4.69, 9.17) is 4.74 Å². The van der Waals surface area contributed by atoms with Gasteiger partial charge in [0.25, 0.3) is 5.91 Å². The molecule has 1 aromatic carbocycles. The summed E-state index contributed by atoms with van der Waals surface area (Å²) in [5.41, 5.74) is 2.88. The molecule has 0 aromatic heterocycles. The lowest BCUT2D eigenvalue weighted by atomic mass is 10.1. The van der Waals surface area contributed by atoms with E-state index < -0.39 is 6.10 Å². The number of hydrogen-bond acceptors (Lipinski definition) is 4. The third kappa shape index (κ3) is 2.68. The number of piperazine rings is 1. The Labute approximate surface area is 131 Å². The highest BCUT2D eigenvalue weighted by atomic mass is 16.5. The van der Waals surface area contributed by atoms with Crippen molar-refractivity contribution in [1.29, 1.82) is 0 Å². The van der Waals surface area contributed by atoms with E-state index >= 15 is 0 Å². The average Bonchev–Trinajstić information content (AvgIpc) is 2.52. The maximum absolute atomic E-state index is 12.4. The normalized spacial score (nSPS) is 21.4. The average molecular weight is 301 g/mol. The van der Waals surface area contributed by atoms with Crippen LogP contribution < -0.4 is 19.9 Å². The standard InChI is InChI=1S/C17H23N3O2/c1-12(2)11-20-15-6-4-5-14(19-9-7-18-8-10-19)16(15)22-13(3)17(20)21/h4-6,13,18H,1,7-11H2,2-3H3. The molecular weight excluding hydrogens is 278 g/mol. The van der Waals surface area contributed by atoms with Crippen molar-refractivity contribution in [2.45, 2.75) is 20.0 Å². The van der Waals surface area contributed by atoms with E-state index in [9.17, 15) is 4.79 Å². The van der Waals surface area contributed by atoms with Gasteiger partial charge in [-0.3, -0.25) is 4.79 Å². The van der Waals surface area contributed by atoms with Gasteiger partial charge >= 0.3 is 0 Å². The van der Waals surface area contributed by atoms with E-state index in [1.165, 1.54) is 0 Å². The van der Waals surface area contributed by atoms with Crippen molar-refractivity contribution in [1.82, 2.24) is 5.32 Å². The van der Waals surface area contributed by atoms with Gasteiger partial charge in [0.2, 0.25) is 0 Å². The predicted molar refractivity (Wildman–Crippen MR) is 88.8 cm³/mol. The predicted octanol–water partition coefficient (Wildman–Crippen LogP) is 1.79. The van der Waals surface area contributed by atoms with Crippen LogP contribution in [-0.4, -0.2) is 44.7 Å². The van der Waals surface area contributed by atoms with E-state index in [0.29, 0.717) is 6.54 Å². The van der Waals surface area contributed by atoms with Crippen molar-refractivity contribution in [2.75, 3.05) is 42.5 Å². The first-order valence-electron chi connectivity index (χ1n) is 7.79. The third-order valence-electron chi connectivity index (χ3n) is 4.06. The van der Waals surface area contributed by atoms with Crippen molar-refractivity contribution >= 4 is 17.3 Å². The van der Waals surface area contributed by atoms with Crippen LogP contribution in [0.1, 0.15) is 13.8 Å². The minimum atomic E-state index is -0.462. The highest BCUT2D eigenvalue weighted by Crippen LogP contribution is 2.42. The Kier molecular flexibility index (Phi) is 4.07. The number of carbonyl (C=O) groups is 1. The zero-order chi connectivity index (χ0) is 15.7. The molecule has 22 heavy (non-hydrogen) atoms. The minimum Gasteiger partial charge on any atom is -0.476 e. The topological polar surface area (TPSA) is 44.8 Å². The smallest absolute Gasteiger partial charge is 0.268 e. The Bertz CT molecular complexity index is 594. The van der Waals surface area contributed by atoms with Gasteiger partial charge in [0.1, 0.15) is 0 Å². The Morgan fingerprint density at radius 3 is 2.73 bits per heavy atom. The van der Waals surface area contributed by atoms with Crippen molar-refractivity contribution in [3.05, 3.63) is 30.4 Å². The lowest BCUT2D eigenvalue weighted by molar-refractivity contribution is -0.125. The molecule has 5 nitrogen and oxygen atoms in total. The lowest BCUT2D eigenvalue weighted by Crippen LogP contribution is -2.47. The first-order valence-corrected chi connectivity index (χ1v) is 7.79. The molecule has 0 radical (unpaired) electrons. The summed E-state index contributed by atoms with van der Waals surface area (Å²) in [4.78, 5) is 16.6. The molecule has 118 valence electrons. The summed E-state index contributed by atoms with van der Waals surface area (Å²) in [5.74, 6) is 0.811. The van der Waals surface area contributed by atoms with Gasteiger partial charge in [0, 0.05) is 32.7 Å². The molecule has 0 aliphatic carbocycles. The van der Waals surface area contributed by atoms with Crippen LogP contribution in [0.3, 0.4) is 0 Å². The zero-order valence-corrected chi connectivity index (χ0v) is 13.3. The fourth-order valence-corrected chi connectivity index (χ4v) is 3.00. The van der Waals surface area contributed by atoms with Crippen molar-refractivity contribution < 1.29 is 9.53 Å². The SMILES string of the molecule is C=C(C)CN1C(=O)C(C)Oc2c(N3CCNCC3)cccc21. The number of nitrogens with one attached hydrogen (secondary N) is 1. The van der Waals surface area contributed by atoms with Crippen LogP contribution in [0, 0.1) is 0 Å². The molecule has 1 unspecified atom stereocenters. The van der Waals surface area contributed by atoms with E-state index in [1.54, 1.807) is 4.90 Å². The molecule has 3 rings (SSSR count). The molecule has 1 saturated heterocycles. The number of benzene rings is 1. The van der Waals surface area contributed by atoms with Crippen LogP contribution in [-0.2, 0) is 4.79 Å². The summed E-state index contributed by atoms with van der Waals surface area (Å²) in [5, 5.41) is 3.36. The Hall–Kier alpha value is -2.01. The van der Waals surface area contributed by atoms with Crippen LogP contribution >= 0.6 is 0 Å². The fraction of sp³-hybridized carbons (Fsp3) is 0.471. The summed E-state index contributed by atoms with van der Waals surface area (Å²) >= 11 is 0. The van der Waals surface area contributed by atoms with Crippen LogP contribution in [0.15, 0.2) is 30.4 Å². The van der Waals surface area contributed by atoms with Crippen molar-refractivity contribution in [3.8, 4) is 5.75 Å². The summed E-state index contributed by atoms with van der Waals surface area (Å²) < 4.78 is 5.96. The van der Waals surface area contributed by atoms with Gasteiger partial charge < -0.3 is 19.9 Å². The highest BCUT2D eigenvalue weighted by molar-refractivity contribution is 6.01. The summed E-state index contributed by atoms with van der Waals surface area (Å²) in [6, 6.07) is 6.02. The van der Waals surface area contributed by atoms with E-state index in [-0.39, 0.29) is 5.91 Å². The number of anilines is 2. The van der Waals surface area contributed by atoms with Gasteiger partial charge in [0.05, 0.1) is 11.4 Å². The largest absolute Gasteiger partial charge is 0.476 e. The third-order valence-corrected chi connectivity index (χ3v) is 4.06. The van der Waals surface area contributed by atoms with Gasteiger partial charge in [-0.2, -0.15) is 0 Å². The fourth-order valence-electron chi connectivity index (χ4n) is 3.00. The van der Waals surface area contributed by atoms with E-state index in [2.05, 4.69) is 22.9 Å². The molecule has 0 spiro atoms. The number of nitrogens with zero attached hydrogens (tertiary/aromatic N) is 2. The Balaban J connectivity index is 2.01. The molecule has 1 amide bonds. The first-order chi connectivity index (χ1) is 10.6. The molecule has 0 saturated carbocycles. The number of para-hydroxylation sites is 1. The minimum absolute atomic E-state index is 0.00652. The van der Waals surface area contributed by atoms with E-state index in [1.807, 2.05) is 26.0 Å². The molecular formula is C17H23N3O2. The molecule has 2 heterocycles. The van der Waals surface area contributed by atoms with Gasteiger partial charge in [-0.15, -0.1) is 0 Å². The molecule has 1 atom stereocenters. The van der Waals surface area contributed by atoms with Crippen LogP contribution in [0.4, 0.5) is 11.4 Å². The van der Waals surface area contributed by atoms with Gasteiger partial charge in [-0.05, 0) is 26.0 Å². The highest BCUT2D eigenvalue weighted by Gasteiger charge is 2.33. The number of ether oxygens (including phenoxy) is 1. The lowest BCUT2D eigenvalue weighted by Gasteiger charge is -2.37. The quantitative estimate of drug-likeness (QED) is 0.865.